The van der Waals surface area contributed by atoms with Gasteiger partial charge in [0.2, 0.25) is 10.0 Å². The normalized spacial score (nSPS) is 27.5. The molecule has 0 radical (unpaired) electrons. The van der Waals surface area contributed by atoms with E-state index in [2.05, 4.69) is 4.98 Å². The number of hydrogen-bond acceptors (Lipinski definition) is 5. The Morgan fingerprint density at radius 2 is 2.00 bits per heavy atom. The van der Waals surface area contributed by atoms with Gasteiger partial charge in [0.25, 0.3) is 0 Å². The van der Waals surface area contributed by atoms with E-state index in [1.807, 2.05) is 35.8 Å². The number of ether oxygens (including phenoxy) is 1. The molecule has 1 saturated carbocycles. The SMILES string of the molecule is Cn1ccnc1S[C@@H]1C[C@@H]2CN(S(=O)(=O)c3ccc4c(c3)CCO4)C[C@@H]2C1. The van der Waals surface area contributed by atoms with E-state index in [9.17, 15) is 8.42 Å². The molecule has 2 aromatic rings. The molecule has 8 heteroatoms. The quantitative estimate of drug-likeness (QED) is 0.782. The number of rotatable bonds is 4. The van der Waals surface area contributed by atoms with Crippen molar-refractivity contribution in [1.29, 1.82) is 0 Å². The molecular weight excluding hydrogens is 382 g/mol. The third kappa shape index (κ3) is 3.07. The minimum atomic E-state index is -3.42. The molecule has 2 aliphatic heterocycles. The molecule has 0 spiro atoms. The van der Waals surface area contributed by atoms with Crippen LogP contribution in [0.4, 0.5) is 0 Å². The zero-order valence-corrected chi connectivity index (χ0v) is 16.9. The Morgan fingerprint density at radius 1 is 1.22 bits per heavy atom. The van der Waals surface area contributed by atoms with Crippen molar-refractivity contribution >= 4 is 21.8 Å². The van der Waals surface area contributed by atoms with Gasteiger partial charge in [-0.05, 0) is 48.4 Å². The summed E-state index contributed by atoms with van der Waals surface area (Å²) in [4.78, 5) is 4.81. The zero-order chi connectivity index (χ0) is 18.6. The molecule has 1 aliphatic carbocycles. The molecule has 6 nitrogen and oxygen atoms in total. The lowest BCUT2D eigenvalue weighted by atomic mass is 10.0. The Hall–Kier alpha value is -1.51. The highest BCUT2D eigenvalue weighted by Crippen LogP contribution is 2.46. The predicted molar refractivity (Wildman–Crippen MR) is 103 cm³/mol. The fourth-order valence-corrected chi connectivity index (χ4v) is 7.52. The largest absolute Gasteiger partial charge is 0.493 e. The second-order valence-corrected chi connectivity index (χ2v) is 10.9. The molecule has 3 atom stereocenters. The van der Waals surface area contributed by atoms with Gasteiger partial charge in [-0.3, -0.25) is 0 Å². The van der Waals surface area contributed by atoms with Crippen LogP contribution in [0.2, 0.25) is 0 Å². The van der Waals surface area contributed by atoms with E-state index >= 15 is 0 Å². The van der Waals surface area contributed by atoms with Gasteiger partial charge in [0, 0.05) is 44.2 Å². The highest BCUT2D eigenvalue weighted by molar-refractivity contribution is 7.99. The lowest BCUT2D eigenvalue weighted by Crippen LogP contribution is -2.30. The molecule has 144 valence electrons. The molecule has 0 N–H and O–H groups in total. The highest BCUT2D eigenvalue weighted by Gasteiger charge is 2.45. The van der Waals surface area contributed by atoms with E-state index in [1.54, 1.807) is 22.5 Å². The maximum absolute atomic E-state index is 13.1. The van der Waals surface area contributed by atoms with Gasteiger partial charge in [-0.1, -0.05) is 11.8 Å². The molecule has 0 unspecified atom stereocenters. The Bertz CT molecular complexity index is 958. The maximum atomic E-state index is 13.1. The van der Waals surface area contributed by atoms with Crippen LogP contribution in [0.15, 0.2) is 40.6 Å². The van der Waals surface area contributed by atoms with E-state index in [0.717, 1.165) is 35.7 Å². The average Bonchev–Trinajstić information content (AvgIpc) is 3.39. The van der Waals surface area contributed by atoms with Crippen molar-refractivity contribution in [3.05, 3.63) is 36.2 Å². The summed E-state index contributed by atoms with van der Waals surface area (Å²) in [5.41, 5.74) is 1.00. The standard InChI is InChI=1S/C19H23N3O3S2/c1-21-6-5-20-19(21)26-16-8-14-11-22(12-15(14)9-16)27(23,24)17-2-3-18-13(10-17)4-7-25-18/h2-3,5-6,10,14-16H,4,7-9,11-12H2,1H3/t14-,15+,16-. The van der Waals surface area contributed by atoms with Gasteiger partial charge >= 0.3 is 0 Å². The highest BCUT2D eigenvalue weighted by atomic mass is 32.2. The first-order valence-corrected chi connectivity index (χ1v) is 11.7. The molecule has 2 fully saturated rings. The fraction of sp³-hybridized carbons (Fsp3) is 0.526. The fourth-order valence-electron chi connectivity index (χ4n) is 4.58. The van der Waals surface area contributed by atoms with Crippen molar-refractivity contribution < 1.29 is 13.2 Å². The van der Waals surface area contributed by atoms with Crippen LogP contribution >= 0.6 is 11.8 Å². The summed E-state index contributed by atoms with van der Waals surface area (Å²) in [6.07, 6.45) is 6.71. The maximum Gasteiger partial charge on any atom is 0.243 e. The minimum Gasteiger partial charge on any atom is -0.493 e. The lowest BCUT2D eigenvalue weighted by Gasteiger charge is -2.19. The van der Waals surface area contributed by atoms with Crippen molar-refractivity contribution in [3.63, 3.8) is 0 Å². The number of sulfonamides is 1. The van der Waals surface area contributed by atoms with Crippen LogP contribution in [-0.2, 0) is 23.5 Å². The van der Waals surface area contributed by atoms with E-state index in [4.69, 9.17) is 4.74 Å². The number of benzene rings is 1. The van der Waals surface area contributed by atoms with Crippen molar-refractivity contribution in [2.24, 2.45) is 18.9 Å². The van der Waals surface area contributed by atoms with Gasteiger partial charge in [0.15, 0.2) is 5.16 Å². The van der Waals surface area contributed by atoms with Gasteiger partial charge in [0.05, 0.1) is 11.5 Å². The Kier molecular flexibility index (Phi) is 4.25. The minimum absolute atomic E-state index is 0.408. The van der Waals surface area contributed by atoms with Gasteiger partial charge in [-0.2, -0.15) is 4.31 Å². The molecule has 1 saturated heterocycles. The first kappa shape index (κ1) is 17.6. The third-order valence-electron chi connectivity index (χ3n) is 6.02. The van der Waals surface area contributed by atoms with E-state index in [-0.39, 0.29) is 0 Å². The summed E-state index contributed by atoms with van der Waals surface area (Å²) in [6, 6.07) is 5.28. The van der Waals surface area contributed by atoms with Crippen LogP contribution in [0.5, 0.6) is 5.75 Å². The zero-order valence-electron chi connectivity index (χ0n) is 15.2. The predicted octanol–water partition coefficient (Wildman–Crippen LogP) is 2.55. The number of hydrogen-bond donors (Lipinski definition) is 0. The molecule has 5 rings (SSSR count). The first-order chi connectivity index (χ1) is 13.0. The number of aryl methyl sites for hydroxylation is 1. The average molecular weight is 406 g/mol. The van der Waals surface area contributed by atoms with Crippen LogP contribution in [0.3, 0.4) is 0 Å². The number of thioether (sulfide) groups is 1. The number of nitrogens with zero attached hydrogens (tertiary/aromatic N) is 3. The number of fused-ring (bicyclic) bond motifs is 2. The summed E-state index contributed by atoms with van der Waals surface area (Å²) >= 11 is 1.83. The Balaban J connectivity index is 1.27. The van der Waals surface area contributed by atoms with E-state index in [0.29, 0.717) is 41.7 Å². The van der Waals surface area contributed by atoms with E-state index < -0.39 is 10.0 Å². The molecule has 1 aromatic carbocycles. The molecule has 3 aliphatic rings. The first-order valence-electron chi connectivity index (χ1n) is 9.40. The van der Waals surface area contributed by atoms with Crippen molar-refractivity contribution in [2.75, 3.05) is 19.7 Å². The Labute approximate surface area is 164 Å². The smallest absolute Gasteiger partial charge is 0.243 e. The summed E-state index contributed by atoms with van der Waals surface area (Å²) in [5.74, 6) is 1.73. The van der Waals surface area contributed by atoms with Crippen LogP contribution in [0.1, 0.15) is 18.4 Å². The van der Waals surface area contributed by atoms with Gasteiger partial charge in [-0.15, -0.1) is 0 Å². The van der Waals surface area contributed by atoms with Gasteiger partial charge in [0.1, 0.15) is 5.75 Å². The molecule has 0 amide bonds. The van der Waals surface area contributed by atoms with Crippen molar-refractivity contribution in [2.45, 2.75) is 34.6 Å². The third-order valence-corrected chi connectivity index (χ3v) is 9.17. The summed E-state index contributed by atoms with van der Waals surface area (Å²) in [6.45, 7) is 1.91. The van der Waals surface area contributed by atoms with E-state index in [1.165, 1.54) is 0 Å². The van der Waals surface area contributed by atoms with Crippen molar-refractivity contribution in [1.82, 2.24) is 13.9 Å². The van der Waals surface area contributed by atoms with Crippen molar-refractivity contribution in [3.8, 4) is 5.75 Å². The van der Waals surface area contributed by atoms with Crippen LogP contribution in [0.25, 0.3) is 0 Å². The van der Waals surface area contributed by atoms with Crippen LogP contribution in [0, 0.1) is 11.8 Å². The summed E-state index contributed by atoms with van der Waals surface area (Å²) in [7, 11) is -1.41. The molecule has 3 heterocycles. The molecule has 1 aromatic heterocycles. The van der Waals surface area contributed by atoms with Crippen LogP contribution in [-0.4, -0.2) is 47.2 Å². The summed E-state index contributed by atoms with van der Waals surface area (Å²) < 4.78 is 35.5. The molecule has 27 heavy (non-hydrogen) atoms. The topological polar surface area (TPSA) is 64.4 Å². The second kappa shape index (κ2) is 6.53. The lowest BCUT2D eigenvalue weighted by molar-refractivity contribution is 0.356. The van der Waals surface area contributed by atoms with Gasteiger partial charge < -0.3 is 9.30 Å². The Morgan fingerprint density at radius 3 is 2.70 bits per heavy atom. The van der Waals surface area contributed by atoms with Crippen LogP contribution < -0.4 is 4.74 Å². The molecule has 0 bridgehead atoms. The number of aromatic nitrogens is 2. The second-order valence-electron chi connectivity index (χ2n) is 7.74. The number of imidazole rings is 1. The molecular formula is C19H23N3O3S2. The summed E-state index contributed by atoms with van der Waals surface area (Å²) in [5, 5.41) is 1.58. The van der Waals surface area contributed by atoms with Gasteiger partial charge in [-0.25, -0.2) is 13.4 Å². The monoisotopic (exact) mass is 405 g/mol.